The molecular weight excluding hydrogens is 624 g/mol. The van der Waals surface area contributed by atoms with Gasteiger partial charge in [0.1, 0.15) is 6.10 Å². The third-order valence-corrected chi connectivity index (χ3v) is 17.1. The van der Waals surface area contributed by atoms with Gasteiger partial charge in [-0.1, -0.05) is 60.1 Å². The number of piperidine rings is 1. The van der Waals surface area contributed by atoms with Crippen molar-refractivity contribution in [3.05, 3.63) is 45.9 Å². The summed E-state index contributed by atoms with van der Waals surface area (Å²) in [6.45, 7) is 20.1. The van der Waals surface area contributed by atoms with E-state index in [0.29, 0.717) is 30.7 Å². The van der Waals surface area contributed by atoms with Gasteiger partial charge < -0.3 is 14.2 Å². The normalized spacial score (nSPS) is 45.9. The quantitative estimate of drug-likeness (QED) is 0.298. The summed E-state index contributed by atoms with van der Waals surface area (Å²) in [5, 5.41) is 0. The summed E-state index contributed by atoms with van der Waals surface area (Å²) in [6.07, 6.45) is 11.7. The molecule has 11 atom stereocenters. The molecule has 7 nitrogen and oxygen atoms in total. The lowest BCUT2D eigenvalue weighted by Crippen LogP contribution is -2.67. The van der Waals surface area contributed by atoms with E-state index in [1.54, 1.807) is 6.07 Å². The monoisotopic (exact) mass is 684 g/mol. The molecule has 5 fully saturated rings. The van der Waals surface area contributed by atoms with Crippen molar-refractivity contribution >= 4 is 17.7 Å². The standard InChI is InChI=1S/C43H60N2O5/c1-26(46)50-34-13-14-41(6)33(38(34,2)3)12-15-43(8)36(41)32(47)21-29-30-22-40(5,17-16-39(30,4)18-19-42(29,43)7)37(49)44-23-27-20-28(25-44)31-10-9-11-35(48)45(31)24-27/h9-11,21,27-28,30,33-34,36H,12-20,22-25H2,1-8H3/t27-,28+,30+,33-,34-,36-,39+,40-,41-,42+,43-/m1/s1. The lowest BCUT2D eigenvalue weighted by Gasteiger charge is -2.70. The first kappa shape index (κ1) is 34.4. The molecule has 272 valence electrons. The highest BCUT2D eigenvalue weighted by molar-refractivity contribution is 5.96. The van der Waals surface area contributed by atoms with Crippen molar-refractivity contribution in [3.8, 4) is 0 Å². The Labute approximate surface area is 299 Å². The molecule has 0 radical (unpaired) electrons. The summed E-state index contributed by atoms with van der Waals surface area (Å²) in [7, 11) is 0. The molecule has 7 aliphatic rings. The maximum absolute atomic E-state index is 14.9. The van der Waals surface area contributed by atoms with Gasteiger partial charge in [-0.3, -0.25) is 19.2 Å². The van der Waals surface area contributed by atoms with Crippen LogP contribution in [-0.4, -0.2) is 46.3 Å². The van der Waals surface area contributed by atoms with Crippen LogP contribution in [0.15, 0.2) is 34.6 Å². The number of likely N-dealkylation sites (tertiary alicyclic amines) is 1. The molecule has 1 amide bonds. The molecule has 0 unspecified atom stereocenters. The highest BCUT2D eigenvalue weighted by Gasteiger charge is 2.70. The predicted octanol–water partition coefficient (Wildman–Crippen LogP) is 7.71. The second kappa shape index (κ2) is 10.9. The van der Waals surface area contributed by atoms with Gasteiger partial charge in [-0.25, -0.2) is 0 Å². The first-order valence-corrected chi connectivity index (χ1v) is 19.8. The third-order valence-electron chi connectivity index (χ3n) is 17.1. The molecule has 2 aliphatic heterocycles. The summed E-state index contributed by atoms with van der Waals surface area (Å²) < 4.78 is 7.85. The van der Waals surface area contributed by atoms with Gasteiger partial charge in [0.15, 0.2) is 5.78 Å². The summed E-state index contributed by atoms with van der Waals surface area (Å²) in [5.41, 5.74) is 1.45. The minimum atomic E-state index is -0.477. The van der Waals surface area contributed by atoms with Crippen molar-refractivity contribution in [1.29, 1.82) is 0 Å². The number of fused-ring (bicyclic) bond motifs is 11. The highest BCUT2D eigenvalue weighted by atomic mass is 16.5. The summed E-state index contributed by atoms with van der Waals surface area (Å²) in [6, 6.07) is 5.60. The fourth-order valence-electron chi connectivity index (χ4n) is 14.2. The average molecular weight is 685 g/mol. The first-order valence-electron chi connectivity index (χ1n) is 19.8. The van der Waals surface area contributed by atoms with E-state index in [1.165, 1.54) is 12.5 Å². The molecular formula is C43H60N2O5. The van der Waals surface area contributed by atoms with Crippen LogP contribution in [0.25, 0.3) is 0 Å². The Morgan fingerprint density at radius 1 is 0.860 bits per heavy atom. The summed E-state index contributed by atoms with van der Waals surface area (Å²) >= 11 is 0. The Balaban J connectivity index is 1.10. The number of carbonyl (C=O) groups is 3. The summed E-state index contributed by atoms with van der Waals surface area (Å²) in [5.74, 6) is 1.32. The number of aromatic nitrogens is 1. The minimum absolute atomic E-state index is 0.0656. The van der Waals surface area contributed by atoms with E-state index in [2.05, 4.69) is 65.5 Å². The zero-order chi connectivity index (χ0) is 35.8. The predicted molar refractivity (Wildman–Crippen MR) is 193 cm³/mol. The van der Waals surface area contributed by atoms with Crippen LogP contribution in [0.1, 0.15) is 131 Å². The van der Waals surface area contributed by atoms with Crippen LogP contribution in [0.2, 0.25) is 0 Å². The second-order valence-electron chi connectivity index (χ2n) is 20.1. The fraction of sp³-hybridized carbons (Fsp3) is 0.767. The van der Waals surface area contributed by atoms with Crippen molar-refractivity contribution in [2.45, 2.75) is 138 Å². The number of hydrogen-bond acceptors (Lipinski definition) is 5. The first-order chi connectivity index (χ1) is 23.4. The minimum Gasteiger partial charge on any atom is -0.462 e. The SMILES string of the molecule is CC(=O)O[C@@H]1CC[C@]2(C)[C@H](CC[C@]3(C)[C@@H]2C(=O)C=C2[C@@H]4C[C@](C)(C(=O)N5C[C@H]6C[C@@H](C5)c5cccc(=O)n5C6)CC[C@@]4(C)CC[C@@]23C)C1(C)C. The molecule has 8 rings (SSSR count). The van der Waals surface area contributed by atoms with E-state index in [0.717, 1.165) is 76.4 Å². The smallest absolute Gasteiger partial charge is 0.302 e. The number of nitrogens with zero attached hydrogens (tertiary/aromatic N) is 2. The lowest BCUT2D eigenvalue weighted by molar-refractivity contribution is -0.210. The zero-order valence-corrected chi connectivity index (χ0v) is 31.9. The van der Waals surface area contributed by atoms with Gasteiger partial charge in [-0.2, -0.15) is 0 Å². The van der Waals surface area contributed by atoms with Crippen molar-refractivity contribution in [1.82, 2.24) is 9.47 Å². The van der Waals surface area contributed by atoms with E-state index >= 15 is 0 Å². The van der Waals surface area contributed by atoms with Gasteiger partial charge in [0.05, 0.1) is 0 Å². The topological polar surface area (TPSA) is 85.7 Å². The van der Waals surface area contributed by atoms with Gasteiger partial charge in [0.2, 0.25) is 5.91 Å². The van der Waals surface area contributed by atoms with Crippen molar-refractivity contribution in [2.24, 2.45) is 56.2 Å². The molecule has 50 heavy (non-hydrogen) atoms. The van der Waals surface area contributed by atoms with Gasteiger partial charge in [0, 0.05) is 61.0 Å². The highest BCUT2D eigenvalue weighted by Crippen LogP contribution is 2.75. The molecule has 1 aromatic rings. The molecule has 1 aromatic heterocycles. The largest absolute Gasteiger partial charge is 0.462 e. The number of rotatable bonds is 2. The van der Waals surface area contributed by atoms with Crippen LogP contribution in [0.3, 0.4) is 0 Å². The number of allylic oxidation sites excluding steroid dienone is 2. The zero-order valence-electron chi connectivity index (χ0n) is 31.9. The number of ether oxygens (including phenoxy) is 1. The number of carbonyl (C=O) groups excluding carboxylic acids is 3. The molecule has 1 saturated heterocycles. The van der Waals surface area contributed by atoms with Crippen LogP contribution in [0, 0.1) is 56.2 Å². The van der Waals surface area contributed by atoms with E-state index in [4.69, 9.17) is 4.74 Å². The van der Waals surface area contributed by atoms with Gasteiger partial charge in [0.25, 0.3) is 5.56 Å². The van der Waals surface area contributed by atoms with Crippen molar-refractivity contribution < 1.29 is 19.1 Å². The van der Waals surface area contributed by atoms with Crippen molar-refractivity contribution in [2.75, 3.05) is 13.1 Å². The Morgan fingerprint density at radius 2 is 1.60 bits per heavy atom. The number of hydrogen-bond donors (Lipinski definition) is 0. The Morgan fingerprint density at radius 3 is 2.34 bits per heavy atom. The molecule has 0 N–H and O–H groups in total. The molecule has 4 saturated carbocycles. The van der Waals surface area contributed by atoms with Gasteiger partial charge >= 0.3 is 5.97 Å². The van der Waals surface area contributed by atoms with Gasteiger partial charge in [-0.05, 0) is 116 Å². The van der Waals surface area contributed by atoms with Crippen LogP contribution >= 0.6 is 0 Å². The van der Waals surface area contributed by atoms with Crippen molar-refractivity contribution in [3.63, 3.8) is 0 Å². The lowest BCUT2D eigenvalue weighted by atomic mass is 9.33. The maximum Gasteiger partial charge on any atom is 0.302 e. The number of ketones is 1. The number of esters is 1. The number of pyridine rings is 1. The van der Waals surface area contributed by atoms with Gasteiger partial charge in [-0.15, -0.1) is 0 Å². The van der Waals surface area contributed by atoms with E-state index in [9.17, 15) is 19.2 Å². The molecule has 5 aliphatic carbocycles. The fourth-order valence-corrected chi connectivity index (χ4v) is 14.2. The van der Waals surface area contributed by atoms with Crippen LogP contribution in [0.5, 0.6) is 0 Å². The summed E-state index contributed by atoms with van der Waals surface area (Å²) in [4.78, 5) is 56.5. The number of amides is 1. The molecule has 7 heteroatoms. The second-order valence-corrected chi connectivity index (χ2v) is 20.1. The van der Waals surface area contributed by atoms with E-state index in [-0.39, 0.29) is 68.4 Å². The van der Waals surface area contributed by atoms with E-state index in [1.807, 2.05) is 10.6 Å². The molecule has 0 aromatic carbocycles. The molecule has 2 bridgehead atoms. The van der Waals surface area contributed by atoms with Crippen LogP contribution in [0.4, 0.5) is 0 Å². The molecule has 3 heterocycles. The third kappa shape index (κ3) is 4.58. The molecule has 0 spiro atoms. The van der Waals surface area contributed by atoms with Crippen LogP contribution in [-0.2, 0) is 25.7 Å². The van der Waals surface area contributed by atoms with E-state index < -0.39 is 5.41 Å². The Hall–Kier alpha value is -2.70. The van der Waals surface area contributed by atoms with Crippen LogP contribution < -0.4 is 5.56 Å². The average Bonchev–Trinajstić information content (AvgIpc) is 3.04. The maximum atomic E-state index is 14.9. The Kier molecular flexibility index (Phi) is 7.51. The Bertz CT molecular complexity index is 1740.